The molecule has 29 heavy (non-hydrogen) atoms. The van der Waals surface area contributed by atoms with E-state index in [2.05, 4.69) is 9.62 Å². The Hall–Kier alpha value is -1.94. The maximum absolute atomic E-state index is 12.9. The summed E-state index contributed by atoms with van der Waals surface area (Å²) >= 11 is 0. The first kappa shape index (κ1) is 21.8. The highest BCUT2D eigenvalue weighted by Gasteiger charge is 2.29. The summed E-state index contributed by atoms with van der Waals surface area (Å²) < 4.78 is 54.5. The summed E-state index contributed by atoms with van der Waals surface area (Å²) in [7, 11) is -7.31. The minimum Gasteiger partial charge on any atom is -0.369 e. The fraction of sp³-hybridized carbons (Fsp3) is 0.400. The molecular weight excluding hydrogens is 410 g/mol. The van der Waals surface area contributed by atoms with Gasteiger partial charge in [-0.15, -0.1) is 0 Å². The molecule has 1 heterocycles. The SMILES string of the molecule is CC(C)CNS(=O)(=O)c1ccc(S(=O)(=O)N2CCN(c3ccccc3)CC2)cc1. The summed E-state index contributed by atoms with van der Waals surface area (Å²) in [6, 6.07) is 15.3. The van der Waals surface area contributed by atoms with E-state index in [4.69, 9.17) is 0 Å². The number of hydrogen-bond donors (Lipinski definition) is 1. The molecule has 0 amide bonds. The molecule has 9 heteroatoms. The lowest BCUT2D eigenvalue weighted by atomic mass is 10.2. The minimum atomic E-state index is -3.66. The summed E-state index contributed by atoms with van der Waals surface area (Å²) in [5.41, 5.74) is 1.08. The number of para-hydroxylation sites is 1. The van der Waals surface area contributed by atoms with E-state index in [1.165, 1.54) is 28.6 Å². The van der Waals surface area contributed by atoms with Crippen molar-refractivity contribution in [1.29, 1.82) is 0 Å². The zero-order chi connectivity index (χ0) is 21.1. The molecule has 158 valence electrons. The number of nitrogens with zero attached hydrogens (tertiary/aromatic N) is 2. The molecule has 0 atom stereocenters. The van der Waals surface area contributed by atoms with Gasteiger partial charge in [-0.1, -0.05) is 32.0 Å². The third-order valence-corrected chi connectivity index (χ3v) is 8.17. The first-order valence-electron chi connectivity index (χ1n) is 9.60. The van der Waals surface area contributed by atoms with Crippen LogP contribution in [-0.4, -0.2) is 53.9 Å². The van der Waals surface area contributed by atoms with Gasteiger partial charge < -0.3 is 4.90 Å². The van der Waals surface area contributed by atoms with Crippen LogP contribution in [0.4, 0.5) is 5.69 Å². The predicted octanol–water partition coefficient (Wildman–Crippen LogP) is 2.13. The highest BCUT2D eigenvalue weighted by atomic mass is 32.2. The van der Waals surface area contributed by atoms with Gasteiger partial charge in [0.25, 0.3) is 0 Å². The quantitative estimate of drug-likeness (QED) is 0.717. The van der Waals surface area contributed by atoms with E-state index in [-0.39, 0.29) is 15.7 Å². The van der Waals surface area contributed by atoms with Crippen LogP contribution in [-0.2, 0) is 20.0 Å². The average Bonchev–Trinajstić information content (AvgIpc) is 2.73. The van der Waals surface area contributed by atoms with Crippen LogP contribution in [0.25, 0.3) is 0 Å². The standard InChI is InChI=1S/C20H27N3O4S2/c1-17(2)16-21-28(24,25)19-8-10-20(11-9-19)29(26,27)23-14-12-22(13-15-23)18-6-4-3-5-7-18/h3-11,17,21H,12-16H2,1-2H3. The molecule has 0 saturated carbocycles. The Kier molecular flexibility index (Phi) is 6.62. The Labute approximate surface area is 173 Å². The fourth-order valence-corrected chi connectivity index (χ4v) is 5.76. The Morgan fingerprint density at radius 1 is 0.828 bits per heavy atom. The number of nitrogens with one attached hydrogen (secondary N) is 1. The Morgan fingerprint density at radius 3 is 1.93 bits per heavy atom. The van der Waals surface area contributed by atoms with Gasteiger partial charge in [-0.3, -0.25) is 0 Å². The van der Waals surface area contributed by atoms with Gasteiger partial charge in [0.1, 0.15) is 0 Å². The number of anilines is 1. The molecule has 1 saturated heterocycles. The van der Waals surface area contributed by atoms with Crippen LogP contribution in [0.15, 0.2) is 64.4 Å². The Bertz CT molecular complexity index is 1010. The molecule has 1 aliphatic heterocycles. The lowest BCUT2D eigenvalue weighted by Gasteiger charge is -2.35. The molecule has 1 aliphatic rings. The Balaban J connectivity index is 1.69. The molecule has 0 aromatic heterocycles. The lowest BCUT2D eigenvalue weighted by molar-refractivity contribution is 0.385. The summed E-state index contributed by atoms with van der Waals surface area (Å²) in [5.74, 6) is 0.180. The second kappa shape index (κ2) is 8.83. The molecule has 0 unspecified atom stereocenters. The van der Waals surface area contributed by atoms with Crippen molar-refractivity contribution < 1.29 is 16.8 Å². The summed E-state index contributed by atoms with van der Waals surface area (Å²) in [5, 5.41) is 0. The molecule has 3 rings (SSSR count). The number of hydrogen-bond acceptors (Lipinski definition) is 5. The van der Waals surface area contributed by atoms with Crippen molar-refractivity contribution in [3.63, 3.8) is 0 Å². The summed E-state index contributed by atoms with van der Waals surface area (Å²) in [6.45, 7) is 6.13. The molecular formula is C20H27N3O4S2. The molecule has 0 radical (unpaired) electrons. The van der Waals surface area contributed by atoms with Crippen LogP contribution in [0, 0.1) is 5.92 Å². The van der Waals surface area contributed by atoms with Crippen LogP contribution < -0.4 is 9.62 Å². The molecule has 1 fully saturated rings. The van der Waals surface area contributed by atoms with Gasteiger partial charge in [0, 0.05) is 38.4 Å². The van der Waals surface area contributed by atoms with Gasteiger partial charge in [0.2, 0.25) is 20.0 Å². The number of benzene rings is 2. The van der Waals surface area contributed by atoms with E-state index in [0.29, 0.717) is 32.7 Å². The number of rotatable bonds is 7. The zero-order valence-electron chi connectivity index (χ0n) is 16.7. The average molecular weight is 438 g/mol. The topological polar surface area (TPSA) is 86.8 Å². The first-order valence-corrected chi connectivity index (χ1v) is 12.5. The van der Waals surface area contributed by atoms with Gasteiger partial charge >= 0.3 is 0 Å². The van der Waals surface area contributed by atoms with E-state index in [0.717, 1.165) is 5.69 Å². The van der Waals surface area contributed by atoms with Gasteiger partial charge in [-0.2, -0.15) is 4.31 Å². The summed E-state index contributed by atoms with van der Waals surface area (Å²) in [6.07, 6.45) is 0. The molecule has 7 nitrogen and oxygen atoms in total. The minimum absolute atomic E-state index is 0.0611. The van der Waals surface area contributed by atoms with Crippen molar-refractivity contribution >= 4 is 25.7 Å². The Morgan fingerprint density at radius 2 is 1.38 bits per heavy atom. The highest BCUT2D eigenvalue weighted by molar-refractivity contribution is 7.89. The van der Waals surface area contributed by atoms with Crippen molar-refractivity contribution in [3.8, 4) is 0 Å². The van der Waals surface area contributed by atoms with E-state index in [1.54, 1.807) is 0 Å². The predicted molar refractivity (Wildman–Crippen MR) is 114 cm³/mol. The summed E-state index contributed by atoms with van der Waals surface area (Å²) in [4.78, 5) is 2.32. The van der Waals surface area contributed by atoms with Crippen LogP contribution >= 0.6 is 0 Å². The highest BCUT2D eigenvalue weighted by Crippen LogP contribution is 2.22. The first-order chi connectivity index (χ1) is 13.7. The monoisotopic (exact) mass is 437 g/mol. The third kappa shape index (κ3) is 5.16. The molecule has 2 aromatic rings. The zero-order valence-corrected chi connectivity index (χ0v) is 18.3. The molecule has 0 bridgehead atoms. The van der Waals surface area contributed by atoms with Crippen LogP contribution in [0.1, 0.15) is 13.8 Å². The molecule has 2 aromatic carbocycles. The second-order valence-electron chi connectivity index (χ2n) is 7.44. The van der Waals surface area contributed by atoms with Gasteiger partial charge in [-0.05, 0) is 42.3 Å². The van der Waals surface area contributed by atoms with Crippen molar-refractivity contribution in [2.45, 2.75) is 23.6 Å². The van der Waals surface area contributed by atoms with Crippen molar-refractivity contribution in [2.75, 3.05) is 37.6 Å². The number of sulfonamides is 2. The van der Waals surface area contributed by atoms with Gasteiger partial charge in [0.05, 0.1) is 9.79 Å². The third-order valence-electron chi connectivity index (χ3n) is 4.81. The van der Waals surface area contributed by atoms with Crippen LogP contribution in [0.3, 0.4) is 0 Å². The maximum Gasteiger partial charge on any atom is 0.243 e. The van der Waals surface area contributed by atoms with Crippen LogP contribution in [0.5, 0.6) is 0 Å². The molecule has 1 N–H and O–H groups in total. The maximum atomic E-state index is 12.9. The second-order valence-corrected chi connectivity index (χ2v) is 11.1. The smallest absolute Gasteiger partial charge is 0.243 e. The largest absolute Gasteiger partial charge is 0.369 e. The van der Waals surface area contributed by atoms with Crippen molar-refractivity contribution in [1.82, 2.24) is 9.03 Å². The number of piperazine rings is 1. The van der Waals surface area contributed by atoms with Crippen molar-refractivity contribution in [2.24, 2.45) is 5.92 Å². The molecule has 0 aliphatic carbocycles. The van der Waals surface area contributed by atoms with Gasteiger partial charge in [-0.25, -0.2) is 21.6 Å². The molecule has 0 spiro atoms. The van der Waals surface area contributed by atoms with E-state index in [9.17, 15) is 16.8 Å². The van der Waals surface area contributed by atoms with E-state index >= 15 is 0 Å². The lowest BCUT2D eigenvalue weighted by Crippen LogP contribution is -2.48. The van der Waals surface area contributed by atoms with E-state index in [1.807, 2.05) is 44.2 Å². The van der Waals surface area contributed by atoms with Gasteiger partial charge in [0.15, 0.2) is 0 Å². The van der Waals surface area contributed by atoms with Crippen LogP contribution in [0.2, 0.25) is 0 Å². The normalized spacial score (nSPS) is 16.3. The van der Waals surface area contributed by atoms with Crippen molar-refractivity contribution in [3.05, 3.63) is 54.6 Å². The van der Waals surface area contributed by atoms with E-state index < -0.39 is 20.0 Å². The fourth-order valence-electron chi connectivity index (χ4n) is 3.13.